The zero-order valence-electron chi connectivity index (χ0n) is 9.57. The molecule has 0 fully saturated rings. The largest absolute Gasteiger partial charge is 0.477 e. The number of carboxylic acid groups (broad SMARTS) is 1. The van der Waals surface area contributed by atoms with Crippen LogP contribution < -0.4 is 0 Å². The highest BCUT2D eigenvalue weighted by atomic mass is 19.2. The predicted octanol–water partition coefficient (Wildman–Crippen LogP) is 3.53. The molecule has 0 amide bonds. The summed E-state index contributed by atoms with van der Waals surface area (Å²) in [7, 11) is 0. The SMILES string of the molecule is CC.CCc1c(F)c(F)c(C(=O)O)c(F)c1F. The summed E-state index contributed by atoms with van der Waals surface area (Å²) in [5.41, 5.74) is -2.41. The molecule has 17 heavy (non-hydrogen) atoms. The number of carboxylic acids is 1. The van der Waals surface area contributed by atoms with Crippen LogP contribution in [0.25, 0.3) is 0 Å². The lowest BCUT2D eigenvalue weighted by atomic mass is 10.1. The third-order valence-electron chi connectivity index (χ3n) is 1.92. The normalized spacial score (nSPS) is 9.59. The summed E-state index contributed by atoms with van der Waals surface area (Å²) >= 11 is 0. The maximum atomic E-state index is 13.0. The fourth-order valence-electron chi connectivity index (χ4n) is 1.18. The Labute approximate surface area is 95.9 Å². The minimum Gasteiger partial charge on any atom is -0.477 e. The lowest BCUT2D eigenvalue weighted by Gasteiger charge is -2.07. The first-order valence-electron chi connectivity index (χ1n) is 4.99. The van der Waals surface area contributed by atoms with Gasteiger partial charge in [-0.05, 0) is 6.42 Å². The van der Waals surface area contributed by atoms with Gasteiger partial charge in [-0.2, -0.15) is 0 Å². The van der Waals surface area contributed by atoms with Gasteiger partial charge in [0, 0.05) is 5.56 Å². The Kier molecular flexibility index (Phi) is 5.64. The molecule has 1 aromatic carbocycles. The van der Waals surface area contributed by atoms with Gasteiger partial charge in [-0.15, -0.1) is 0 Å². The topological polar surface area (TPSA) is 37.3 Å². The zero-order valence-corrected chi connectivity index (χ0v) is 9.57. The summed E-state index contributed by atoms with van der Waals surface area (Å²) in [4.78, 5) is 10.3. The van der Waals surface area contributed by atoms with Crippen LogP contribution in [-0.2, 0) is 6.42 Å². The summed E-state index contributed by atoms with van der Waals surface area (Å²) in [5, 5.41) is 8.35. The molecule has 0 aliphatic rings. The monoisotopic (exact) mass is 252 g/mol. The van der Waals surface area contributed by atoms with Gasteiger partial charge in [-0.25, -0.2) is 22.4 Å². The predicted molar refractivity (Wildman–Crippen MR) is 54.0 cm³/mol. The Bertz CT molecular complexity index is 401. The lowest BCUT2D eigenvalue weighted by molar-refractivity contribution is 0.0683. The van der Waals surface area contributed by atoms with E-state index in [0.29, 0.717) is 0 Å². The van der Waals surface area contributed by atoms with E-state index < -0.39 is 40.4 Å². The van der Waals surface area contributed by atoms with Gasteiger partial charge in [0.05, 0.1) is 0 Å². The quantitative estimate of drug-likeness (QED) is 0.645. The van der Waals surface area contributed by atoms with E-state index in [1.165, 1.54) is 6.92 Å². The van der Waals surface area contributed by atoms with Gasteiger partial charge < -0.3 is 5.11 Å². The summed E-state index contributed by atoms with van der Waals surface area (Å²) in [6.07, 6.45) is -0.272. The first-order valence-corrected chi connectivity index (χ1v) is 4.99. The molecule has 0 aromatic heterocycles. The smallest absolute Gasteiger partial charge is 0.341 e. The molecular weight excluding hydrogens is 240 g/mol. The van der Waals surface area contributed by atoms with Crippen LogP contribution in [0.3, 0.4) is 0 Å². The van der Waals surface area contributed by atoms with E-state index in [2.05, 4.69) is 0 Å². The van der Waals surface area contributed by atoms with Crippen molar-refractivity contribution in [3.8, 4) is 0 Å². The van der Waals surface area contributed by atoms with Gasteiger partial charge in [-0.1, -0.05) is 20.8 Å². The zero-order chi connectivity index (χ0) is 13.7. The van der Waals surface area contributed by atoms with Crippen molar-refractivity contribution >= 4 is 5.97 Å². The summed E-state index contributed by atoms with van der Waals surface area (Å²) in [6, 6.07) is 0. The number of rotatable bonds is 2. The van der Waals surface area contributed by atoms with E-state index in [1.54, 1.807) is 0 Å². The molecule has 96 valence electrons. The van der Waals surface area contributed by atoms with E-state index in [-0.39, 0.29) is 6.42 Å². The van der Waals surface area contributed by atoms with Gasteiger partial charge in [0.2, 0.25) is 0 Å². The number of halogens is 4. The van der Waals surface area contributed by atoms with Crippen molar-refractivity contribution in [1.82, 2.24) is 0 Å². The minimum absolute atomic E-state index is 0.272. The van der Waals surface area contributed by atoms with Gasteiger partial charge in [-0.3, -0.25) is 0 Å². The Hall–Kier alpha value is -1.59. The molecule has 0 atom stereocenters. The highest BCUT2D eigenvalue weighted by Gasteiger charge is 2.28. The highest BCUT2D eigenvalue weighted by molar-refractivity contribution is 5.88. The molecule has 0 saturated heterocycles. The molecule has 0 spiro atoms. The second kappa shape index (κ2) is 6.22. The van der Waals surface area contributed by atoms with E-state index in [1.807, 2.05) is 13.8 Å². The Morgan fingerprint density at radius 3 is 1.59 bits per heavy atom. The average Bonchev–Trinajstić information content (AvgIpc) is 2.30. The second-order valence-electron chi connectivity index (χ2n) is 2.77. The second-order valence-corrected chi connectivity index (χ2v) is 2.77. The van der Waals surface area contributed by atoms with Crippen LogP contribution in [-0.4, -0.2) is 11.1 Å². The van der Waals surface area contributed by atoms with E-state index in [9.17, 15) is 22.4 Å². The van der Waals surface area contributed by atoms with Crippen LogP contribution in [0.1, 0.15) is 36.7 Å². The first kappa shape index (κ1) is 15.4. The van der Waals surface area contributed by atoms with Crippen molar-refractivity contribution < 1.29 is 27.5 Å². The maximum absolute atomic E-state index is 13.0. The Morgan fingerprint density at radius 2 is 1.35 bits per heavy atom. The molecule has 0 heterocycles. The molecule has 1 aromatic rings. The molecule has 6 heteroatoms. The summed E-state index contributed by atoms with van der Waals surface area (Å²) in [5.74, 6) is -9.12. The van der Waals surface area contributed by atoms with E-state index in [4.69, 9.17) is 5.11 Å². The van der Waals surface area contributed by atoms with E-state index in [0.717, 1.165) is 0 Å². The van der Waals surface area contributed by atoms with Crippen molar-refractivity contribution in [1.29, 1.82) is 0 Å². The summed E-state index contributed by atoms with van der Waals surface area (Å²) < 4.78 is 52.0. The number of hydrogen-bond acceptors (Lipinski definition) is 1. The number of hydrogen-bond donors (Lipinski definition) is 1. The van der Waals surface area contributed by atoms with Crippen molar-refractivity contribution in [3.63, 3.8) is 0 Å². The van der Waals surface area contributed by atoms with Crippen LogP contribution in [0.2, 0.25) is 0 Å². The first-order chi connectivity index (χ1) is 7.91. The number of aromatic carboxylic acids is 1. The van der Waals surface area contributed by atoms with Crippen LogP contribution in [0, 0.1) is 23.3 Å². The molecule has 0 aliphatic carbocycles. The third-order valence-corrected chi connectivity index (χ3v) is 1.92. The van der Waals surface area contributed by atoms with E-state index >= 15 is 0 Å². The minimum atomic E-state index is -2.05. The fraction of sp³-hybridized carbons (Fsp3) is 0.364. The van der Waals surface area contributed by atoms with Gasteiger partial charge in [0.25, 0.3) is 0 Å². The Morgan fingerprint density at radius 1 is 1.00 bits per heavy atom. The molecule has 0 radical (unpaired) electrons. The van der Waals surface area contributed by atoms with Crippen molar-refractivity contribution in [2.45, 2.75) is 27.2 Å². The molecule has 1 rings (SSSR count). The summed E-state index contributed by atoms with van der Waals surface area (Å²) in [6.45, 7) is 5.29. The van der Waals surface area contributed by atoms with Crippen LogP contribution >= 0.6 is 0 Å². The van der Waals surface area contributed by atoms with Crippen LogP contribution in [0.15, 0.2) is 0 Å². The molecular formula is C11H12F4O2. The standard InChI is InChI=1S/C9H6F4O2.C2H6/c1-2-3-5(10)7(12)4(9(14)15)8(13)6(3)11;1-2/h2H2,1H3,(H,14,15);1-2H3. The molecule has 0 unspecified atom stereocenters. The molecule has 0 saturated carbocycles. The third kappa shape index (κ3) is 2.75. The average molecular weight is 252 g/mol. The fourth-order valence-corrected chi connectivity index (χ4v) is 1.18. The Balaban J connectivity index is 0.00000121. The maximum Gasteiger partial charge on any atom is 0.341 e. The molecule has 2 nitrogen and oxygen atoms in total. The number of benzene rings is 1. The van der Waals surface area contributed by atoms with Gasteiger partial charge in [0.1, 0.15) is 5.56 Å². The van der Waals surface area contributed by atoms with Crippen molar-refractivity contribution in [2.24, 2.45) is 0 Å². The lowest BCUT2D eigenvalue weighted by Crippen LogP contribution is -2.12. The van der Waals surface area contributed by atoms with Gasteiger partial charge in [0.15, 0.2) is 23.3 Å². The number of carbonyl (C=O) groups is 1. The van der Waals surface area contributed by atoms with Crippen LogP contribution in [0.4, 0.5) is 17.6 Å². The van der Waals surface area contributed by atoms with Crippen molar-refractivity contribution in [2.75, 3.05) is 0 Å². The molecule has 1 N–H and O–H groups in total. The van der Waals surface area contributed by atoms with Gasteiger partial charge >= 0.3 is 5.97 Å². The van der Waals surface area contributed by atoms with Crippen molar-refractivity contribution in [3.05, 3.63) is 34.4 Å². The highest BCUT2D eigenvalue weighted by Crippen LogP contribution is 2.24. The molecule has 0 bridgehead atoms. The van der Waals surface area contributed by atoms with Crippen LogP contribution in [0.5, 0.6) is 0 Å². The molecule has 0 aliphatic heterocycles.